The summed E-state index contributed by atoms with van der Waals surface area (Å²) in [7, 11) is 0. The third-order valence-corrected chi connectivity index (χ3v) is 5.00. The molecule has 21 heavy (non-hydrogen) atoms. The highest BCUT2D eigenvalue weighted by molar-refractivity contribution is 5.90. The standard InChI is InChI=1S/C19H23NO/c1-19(2)11-6-5-8-16(19)18(21)13-14-10-12-20-17-9-4-3-7-15(14)17/h3-4,7,9-10,12,16H,5-6,8,11,13H2,1-2H3. The number of benzene rings is 1. The van der Waals surface area contributed by atoms with Gasteiger partial charge in [-0.1, -0.05) is 44.9 Å². The van der Waals surface area contributed by atoms with Crippen LogP contribution in [0.15, 0.2) is 36.5 Å². The zero-order valence-corrected chi connectivity index (χ0v) is 12.9. The minimum atomic E-state index is 0.151. The van der Waals surface area contributed by atoms with Crippen LogP contribution >= 0.6 is 0 Å². The summed E-state index contributed by atoms with van der Waals surface area (Å²) in [4.78, 5) is 17.2. The number of carbonyl (C=O) groups is 1. The van der Waals surface area contributed by atoms with Crippen LogP contribution in [-0.4, -0.2) is 10.8 Å². The van der Waals surface area contributed by atoms with Gasteiger partial charge in [-0.3, -0.25) is 9.78 Å². The van der Waals surface area contributed by atoms with Crippen molar-refractivity contribution in [1.82, 2.24) is 4.98 Å². The lowest BCUT2D eigenvalue weighted by Crippen LogP contribution is -2.34. The van der Waals surface area contributed by atoms with E-state index in [4.69, 9.17) is 0 Å². The Morgan fingerprint density at radius 3 is 2.86 bits per heavy atom. The van der Waals surface area contributed by atoms with Crippen molar-refractivity contribution in [3.05, 3.63) is 42.1 Å². The molecular formula is C19H23NO. The van der Waals surface area contributed by atoms with Crippen molar-refractivity contribution in [3.8, 4) is 0 Å². The molecule has 0 N–H and O–H groups in total. The Kier molecular flexibility index (Phi) is 3.79. The average molecular weight is 281 g/mol. The van der Waals surface area contributed by atoms with Crippen molar-refractivity contribution >= 4 is 16.7 Å². The molecule has 2 heteroatoms. The Labute approximate surface area is 126 Å². The van der Waals surface area contributed by atoms with Gasteiger partial charge in [0.15, 0.2) is 0 Å². The fourth-order valence-corrected chi connectivity index (χ4v) is 3.71. The quantitative estimate of drug-likeness (QED) is 0.825. The van der Waals surface area contributed by atoms with Crippen LogP contribution < -0.4 is 0 Å². The summed E-state index contributed by atoms with van der Waals surface area (Å²) in [5.74, 6) is 0.606. The monoisotopic (exact) mass is 281 g/mol. The molecule has 0 radical (unpaired) electrons. The molecular weight excluding hydrogens is 258 g/mol. The van der Waals surface area contributed by atoms with Gasteiger partial charge in [-0.15, -0.1) is 0 Å². The van der Waals surface area contributed by atoms with Gasteiger partial charge in [0.05, 0.1) is 5.52 Å². The topological polar surface area (TPSA) is 30.0 Å². The molecule has 2 aromatic rings. The van der Waals surface area contributed by atoms with E-state index < -0.39 is 0 Å². The smallest absolute Gasteiger partial charge is 0.140 e. The molecule has 1 fully saturated rings. The molecule has 0 saturated heterocycles. The third-order valence-electron chi connectivity index (χ3n) is 5.00. The van der Waals surface area contributed by atoms with Crippen molar-refractivity contribution in [1.29, 1.82) is 0 Å². The molecule has 1 aliphatic rings. The maximum Gasteiger partial charge on any atom is 0.140 e. The van der Waals surface area contributed by atoms with Gasteiger partial charge in [-0.05, 0) is 36.0 Å². The van der Waals surface area contributed by atoms with Crippen LogP contribution in [0.5, 0.6) is 0 Å². The molecule has 1 heterocycles. The number of nitrogens with zero attached hydrogens (tertiary/aromatic N) is 1. The van der Waals surface area contributed by atoms with Gasteiger partial charge in [-0.2, -0.15) is 0 Å². The van der Waals surface area contributed by atoms with Gasteiger partial charge < -0.3 is 0 Å². The number of aromatic nitrogens is 1. The highest BCUT2D eigenvalue weighted by Crippen LogP contribution is 2.41. The zero-order valence-electron chi connectivity index (χ0n) is 12.9. The number of hydrogen-bond acceptors (Lipinski definition) is 2. The lowest BCUT2D eigenvalue weighted by atomic mass is 9.66. The van der Waals surface area contributed by atoms with E-state index in [-0.39, 0.29) is 11.3 Å². The summed E-state index contributed by atoms with van der Waals surface area (Å²) in [6.45, 7) is 4.50. The van der Waals surface area contributed by atoms with E-state index in [2.05, 4.69) is 24.9 Å². The number of carbonyl (C=O) groups excluding carboxylic acids is 1. The molecule has 0 bridgehead atoms. The summed E-state index contributed by atoms with van der Waals surface area (Å²) < 4.78 is 0. The van der Waals surface area contributed by atoms with E-state index in [9.17, 15) is 4.79 Å². The molecule has 2 nitrogen and oxygen atoms in total. The molecule has 1 saturated carbocycles. The predicted octanol–water partition coefficient (Wildman–Crippen LogP) is 4.56. The van der Waals surface area contributed by atoms with Gasteiger partial charge in [0.2, 0.25) is 0 Å². The van der Waals surface area contributed by atoms with Crippen molar-refractivity contribution in [2.24, 2.45) is 11.3 Å². The summed E-state index contributed by atoms with van der Waals surface area (Å²) in [6.07, 6.45) is 7.02. The summed E-state index contributed by atoms with van der Waals surface area (Å²) in [6, 6.07) is 10.1. The minimum absolute atomic E-state index is 0.151. The number of para-hydroxylation sites is 1. The number of pyridine rings is 1. The second kappa shape index (κ2) is 5.59. The highest BCUT2D eigenvalue weighted by Gasteiger charge is 2.36. The fourth-order valence-electron chi connectivity index (χ4n) is 3.71. The fraction of sp³-hybridized carbons (Fsp3) is 0.474. The van der Waals surface area contributed by atoms with Gasteiger partial charge in [0.25, 0.3) is 0 Å². The normalized spacial score (nSPS) is 21.3. The van der Waals surface area contributed by atoms with E-state index in [1.54, 1.807) is 0 Å². The Morgan fingerprint density at radius 1 is 1.24 bits per heavy atom. The molecule has 110 valence electrons. The van der Waals surface area contributed by atoms with Gasteiger partial charge in [0.1, 0.15) is 5.78 Å². The van der Waals surface area contributed by atoms with Crippen LogP contribution in [-0.2, 0) is 11.2 Å². The van der Waals surface area contributed by atoms with Crippen LogP contribution in [0.25, 0.3) is 10.9 Å². The maximum atomic E-state index is 12.8. The third kappa shape index (κ3) is 2.85. The predicted molar refractivity (Wildman–Crippen MR) is 86.2 cm³/mol. The van der Waals surface area contributed by atoms with Crippen LogP contribution in [0.4, 0.5) is 0 Å². The van der Waals surface area contributed by atoms with E-state index >= 15 is 0 Å². The first kappa shape index (κ1) is 14.2. The first-order valence-corrected chi connectivity index (χ1v) is 7.93. The molecule has 0 amide bonds. The Morgan fingerprint density at radius 2 is 2.05 bits per heavy atom. The Bertz CT molecular complexity index is 654. The Balaban J connectivity index is 1.86. The van der Waals surface area contributed by atoms with Crippen LogP contribution in [0.3, 0.4) is 0 Å². The molecule has 1 aromatic carbocycles. The van der Waals surface area contributed by atoms with Crippen molar-refractivity contribution < 1.29 is 4.79 Å². The van der Waals surface area contributed by atoms with E-state index in [1.807, 2.05) is 30.5 Å². The first-order chi connectivity index (χ1) is 10.1. The SMILES string of the molecule is CC1(C)CCCCC1C(=O)Cc1ccnc2ccccc12. The van der Waals surface area contributed by atoms with Crippen molar-refractivity contribution in [3.63, 3.8) is 0 Å². The van der Waals surface area contributed by atoms with Crippen LogP contribution in [0.1, 0.15) is 45.1 Å². The summed E-state index contributed by atoms with van der Waals surface area (Å²) in [5.41, 5.74) is 2.25. The number of rotatable bonds is 3. The van der Waals surface area contributed by atoms with Crippen molar-refractivity contribution in [2.75, 3.05) is 0 Å². The lowest BCUT2D eigenvalue weighted by molar-refractivity contribution is -0.127. The van der Waals surface area contributed by atoms with Gasteiger partial charge in [-0.25, -0.2) is 0 Å². The number of Topliss-reactive ketones (excluding diaryl/α,β-unsaturated/α-hetero) is 1. The average Bonchev–Trinajstić information content (AvgIpc) is 2.47. The molecule has 3 rings (SSSR count). The second-order valence-electron chi connectivity index (χ2n) is 6.92. The van der Waals surface area contributed by atoms with Crippen molar-refractivity contribution in [2.45, 2.75) is 46.0 Å². The van der Waals surface area contributed by atoms with E-state index in [0.29, 0.717) is 12.2 Å². The molecule has 1 aromatic heterocycles. The number of hydrogen-bond donors (Lipinski definition) is 0. The van der Waals surface area contributed by atoms with E-state index in [1.165, 1.54) is 19.3 Å². The molecule has 0 spiro atoms. The largest absolute Gasteiger partial charge is 0.299 e. The van der Waals surface area contributed by atoms with Crippen LogP contribution in [0.2, 0.25) is 0 Å². The molecule has 1 unspecified atom stereocenters. The molecule has 1 atom stereocenters. The molecule has 1 aliphatic carbocycles. The second-order valence-corrected chi connectivity index (χ2v) is 6.92. The zero-order chi connectivity index (χ0) is 14.9. The summed E-state index contributed by atoms with van der Waals surface area (Å²) in [5, 5.41) is 1.11. The summed E-state index contributed by atoms with van der Waals surface area (Å²) >= 11 is 0. The minimum Gasteiger partial charge on any atom is -0.299 e. The number of fused-ring (bicyclic) bond motifs is 1. The Hall–Kier alpha value is -1.70. The van der Waals surface area contributed by atoms with Gasteiger partial charge >= 0.3 is 0 Å². The lowest BCUT2D eigenvalue weighted by Gasteiger charge is -2.37. The highest BCUT2D eigenvalue weighted by atomic mass is 16.1. The molecule has 0 aliphatic heterocycles. The van der Waals surface area contributed by atoms with Gasteiger partial charge in [0, 0.05) is 23.9 Å². The number of ketones is 1. The first-order valence-electron chi connectivity index (χ1n) is 7.93. The van der Waals surface area contributed by atoms with E-state index in [0.717, 1.165) is 22.9 Å². The maximum absolute atomic E-state index is 12.8. The van der Waals surface area contributed by atoms with Crippen LogP contribution in [0, 0.1) is 11.3 Å².